The van der Waals surface area contributed by atoms with Gasteiger partial charge in [-0.2, -0.15) is 8.78 Å². The fourth-order valence-corrected chi connectivity index (χ4v) is 2.37. The van der Waals surface area contributed by atoms with Crippen LogP contribution in [0.4, 0.5) is 8.78 Å². The summed E-state index contributed by atoms with van der Waals surface area (Å²) < 4.78 is 31.3. The van der Waals surface area contributed by atoms with E-state index in [-0.39, 0.29) is 0 Å². The zero-order chi connectivity index (χ0) is 12.6. The van der Waals surface area contributed by atoms with Crippen LogP contribution in [0.3, 0.4) is 0 Å². The molecule has 0 saturated heterocycles. The number of benzene rings is 1. The summed E-state index contributed by atoms with van der Waals surface area (Å²) in [4.78, 5) is 11.2. The molecule has 0 aromatic heterocycles. The zero-order valence-electron chi connectivity index (χ0n) is 8.60. The molecule has 0 bridgehead atoms. The number of alkyl halides is 3. The molecule has 1 aliphatic heterocycles. The smallest absolute Gasteiger partial charge is 0.380 e. The van der Waals surface area contributed by atoms with Crippen molar-refractivity contribution >= 4 is 33.3 Å². The highest BCUT2D eigenvalue weighted by molar-refractivity contribution is 9.10. The second-order valence-electron chi connectivity index (χ2n) is 3.75. The van der Waals surface area contributed by atoms with Crippen LogP contribution in [0.25, 0.3) is 0 Å². The Labute approximate surface area is 110 Å². The molecule has 1 aromatic rings. The van der Waals surface area contributed by atoms with Crippen molar-refractivity contribution in [1.29, 1.82) is 0 Å². The van der Waals surface area contributed by atoms with Crippen molar-refractivity contribution in [2.24, 2.45) is 0 Å². The fraction of sp³-hybridized carbons (Fsp3) is 0.364. The van der Waals surface area contributed by atoms with Crippen molar-refractivity contribution in [3.63, 3.8) is 0 Å². The third kappa shape index (κ3) is 2.77. The van der Waals surface area contributed by atoms with Gasteiger partial charge in [-0.25, -0.2) is 0 Å². The molecular weight excluding hydrogens is 317 g/mol. The number of ketones is 1. The highest BCUT2D eigenvalue weighted by atomic mass is 79.9. The maximum atomic E-state index is 12.6. The van der Waals surface area contributed by atoms with Gasteiger partial charge in [-0.15, -0.1) is 0 Å². The van der Waals surface area contributed by atoms with Gasteiger partial charge in [0, 0.05) is 22.9 Å². The van der Waals surface area contributed by atoms with Gasteiger partial charge in [-0.3, -0.25) is 4.79 Å². The summed E-state index contributed by atoms with van der Waals surface area (Å²) >= 11 is 7.96. The molecule has 0 amide bonds. The number of hydrogen-bond acceptors (Lipinski definition) is 2. The van der Waals surface area contributed by atoms with Crippen molar-refractivity contribution in [1.82, 2.24) is 0 Å². The van der Waals surface area contributed by atoms with E-state index in [0.717, 1.165) is 10.0 Å². The number of Topliss-reactive ketones (excluding diaryl/α,β-unsaturated/α-hetero) is 1. The number of rotatable bonds is 3. The average molecular weight is 326 g/mol. The molecule has 0 unspecified atom stereocenters. The molecular formula is C11H8BrClF2O2. The third-order valence-corrected chi connectivity index (χ3v) is 3.16. The molecule has 2 nitrogen and oxygen atoms in total. The highest BCUT2D eigenvalue weighted by Gasteiger charge is 2.36. The lowest BCUT2D eigenvalue weighted by atomic mass is 10.0. The molecule has 0 atom stereocenters. The van der Waals surface area contributed by atoms with E-state index >= 15 is 0 Å². The SMILES string of the molecule is O=C(Cc1cc(Br)cc2c1OCC2)C(F)(F)Cl. The lowest BCUT2D eigenvalue weighted by Gasteiger charge is -2.10. The predicted octanol–water partition coefficient (Wildman–Crippen LogP) is 3.33. The van der Waals surface area contributed by atoms with E-state index in [1.54, 1.807) is 6.07 Å². The molecule has 2 rings (SSSR count). The molecule has 1 aliphatic rings. The molecule has 92 valence electrons. The van der Waals surface area contributed by atoms with Gasteiger partial charge >= 0.3 is 5.38 Å². The summed E-state index contributed by atoms with van der Waals surface area (Å²) in [5.74, 6) is -0.794. The van der Waals surface area contributed by atoms with Gasteiger partial charge in [0.1, 0.15) is 5.75 Å². The summed E-state index contributed by atoms with van der Waals surface area (Å²) in [5.41, 5.74) is 1.36. The number of hydrogen-bond donors (Lipinski definition) is 0. The largest absolute Gasteiger partial charge is 0.493 e. The minimum atomic E-state index is -3.83. The fourth-order valence-electron chi connectivity index (χ4n) is 1.75. The number of carbonyl (C=O) groups is 1. The van der Waals surface area contributed by atoms with Crippen molar-refractivity contribution in [3.05, 3.63) is 27.7 Å². The molecule has 1 aromatic carbocycles. The van der Waals surface area contributed by atoms with Crippen molar-refractivity contribution < 1.29 is 18.3 Å². The first-order valence-electron chi connectivity index (χ1n) is 4.92. The Morgan fingerprint density at radius 1 is 1.53 bits per heavy atom. The molecule has 0 aliphatic carbocycles. The van der Waals surface area contributed by atoms with Gasteiger partial charge < -0.3 is 4.74 Å². The van der Waals surface area contributed by atoms with E-state index in [9.17, 15) is 13.6 Å². The topological polar surface area (TPSA) is 26.3 Å². The monoisotopic (exact) mass is 324 g/mol. The number of ether oxygens (including phenoxy) is 1. The maximum Gasteiger partial charge on any atom is 0.380 e. The Morgan fingerprint density at radius 3 is 2.88 bits per heavy atom. The molecule has 1 heterocycles. The number of halogens is 4. The van der Waals surface area contributed by atoms with Gasteiger partial charge in [-0.1, -0.05) is 15.9 Å². The first-order valence-corrected chi connectivity index (χ1v) is 6.09. The molecule has 0 N–H and O–H groups in total. The van der Waals surface area contributed by atoms with Crippen LogP contribution in [-0.2, 0) is 17.6 Å². The summed E-state index contributed by atoms with van der Waals surface area (Å²) in [6, 6.07) is 3.46. The van der Waals surface area contributed by atoms with Crippen molar-refractivity contribution in [2.75, 3.05) is 6.61 Å². The van der Waals surface area contributed by atoms with Gasteiger partial charge in [0.15, 0.2) is 0 Å². The molecule has 0 fully saturated rings. The van der Waals surface area contributed by atoms with Crippen LogP contribution in [0.1, 0.15) is 11.1 Å². The number of fused-ring (bicyclic) bond motifs is 1. The van der Waals surface area contributed by atoms with Crippen molar-refractivity contribution in [3.8, 4) is 5.75 Å². The van der Waals surface area contributed by atoms with Crippen LogP contribution in [-0.4, -0.2) is 17.8 Å². The van der Waals surface area contributed by atoms with Crippen LogP contribution in [0.15, 0.2) is 16.6 Å². The van der Waals surface area contributed by atoms with E-state index < -0.39 is 17.6 Å². The Balaban J connectivity index is 2.31. The lowest BCUT2D eigenvalue weighted by Crippen LogP contribution is -2.23. The quantitative estimate of drug-likeness (QED) is 0.797. The minimum Gasteiger partial charge on any atom is -0.493 e. The van der Waals surface area contributed by atoms with E-state index in [0.29, 0.717) is 24.3 Å². The second-order valence-corrected chi connectivity index (χ2v) is 5.14. The number of carbonyl (C=O) groups excluding carboxylic acids is 1. The second kappa shape index (κ2) is 4.53. The molecule has 0 radical (unpaired) electrons. The van der Waals surface area contributed by atoms with Crippen LogP contribution in [0.5, 0.6) is 5.75 Å². The predicted molar refractivity (Wildman–Crippen MR) is 62.9 cm³/mol. The zero-order valence-corrected chi connectivity index (χ0v) is 10.9. The Kier molecular flexibility index (Phi) is 3.41. The summed E-state index contributed by atoms with van der Waals surface area (Å²) in [5, 5.41) is -3.83. The minimum absolute atomic E-state index is 0.432. The highest BCUT2D eigenvalue weighted by Crippen LogP contribution is 2.34. The van der Waals surface area contributed by atoms with E-state index in [2.05, 4.69) is 27.5 Å². The standard InChI is InChI=1S/C11H8BrClF2O2/c12-8-3-6-1-2-17-10(6)7(4-8)5-9(16)11(13,14)15/h3-4H,1-2,5H2. The molecule has 6 heteroatoms. The van der Waals surface area contributed by atoms with Gasteiger partial charge in [-0.05, 0) is 29.3 Å². The Morgan fingerprint density at radius 2 is 2.24 bits per heavy atom. The molecule has 0 spiro atoms. The van der Waals surface area contributed by atoms with E-state index in [4.69, 9.17) is 4.74 Å². The summed E-state index contributed by atoms with van der Waals surface area (Å²) in [6.07, 6.45) is 0.283. The Bertz CT molecular complexity index is 471. The van der Waals surface area contributed by atoms with Crippen LogP contribution < -0.4 is 4.74 Å². The Hall–Kier alpha value is -0.680. The van der Waals surface area contributed by atoms with Crippen molar-refractivity contribution in [2.45, 2.75) is 18.2 Å². The lowest BCUT2D eigenvalue weighted by molar-refractivity contribution is -0.132. The van der Waals surface area contributed by atoms with Gasteiger partial charge in [0.2, 0.25) is 5.78 Å². The summed E-state index contributed by atoms with van der Waals surface area (Å²) in [6.45, 7) is 0.504. The van der Waals surface area contributed by atoms with Crippen LogP contribution in [0, 0.1) is 0 Å². The van der Waals surface area contributed by atoms with E-state index in [1.807, 2.05) is 6.07 Å². The molecule has 17 heavy (non-hydrogen) atoms. The third-order valence-electron chi connectivity index (χ3n) is 2.49. The average Bonchev–Trinajstić information content (AvgIpc) is 2.63. The summed E-state index contributed by atoms with van der Waals surface area (Å²) in [7, 11) is 0. The first kappa shape index (κ1) is 12.8. The van der Waals surface area contributed by atoms with E-state index in [1.165, 1.54) is 0 Å². The van der Waals surface area contributed by atoms with Gasteiger partial charge in [0.05, 0.1) is 6.61 Å². The normalized spacial score (nSPS) is 14.4. The van der Waals surface area contributed by atoms with Crippen LogP contribution >= 0.6 is 27.5 Å². The van der Waals surface area contributed by atoms with Gasteiger partial charge in [0.25, 0.3) is 0 Å². The van der Waals surface area contributed by atoms with Crippen LogP contribution in [0.2, 0.25) is 0 Å². The molecule has 0 saturated carbocycles. The first-order chi connectivity index (χ1) is 7.88. The maximum absolute atomic E-state index is 12.6.